The summed E-state index contributed by atoms with van der Waals surface area (Å²) < 4.78 is 39.2. The Balaban J connectivity index is 1.77. The second-order valence-corrected chi connectivity index (χ2v) is 9.08. The number of alkyl halides is 2. The third-order valence-corrected chi connectivity index (χ3v) is 6.70. The van der Waals surface area contributed by atoms with Crippen molar-refractivity contribution < 1.29 is 18.3 Å². The van der Waals surface area contributed by atoms with Crippen molar-refractivity contribution in [2.75, 3.05) is 32.1 Å². The molecule has 1 saturated heterocycles. The largest absolute Gasteiger partial charge is 0.496 e. The maximum absolute atomic E-state index is 13.5. The number of fused-ring (bicyclic) bond motifs is 1. The zero-order valence-corrected chi connectivity index (χ0v) is 19.6. The van der Waals surface area contributed by atoms with Gasteiger partial charge in [0, 0.05) is 40.7 Å². The molecule has 2 aliphatic rings. The smallest absolute Gasteiger partial charge is 0.251 e. The van der Waals surface area contributed by atoms with Crippen LogP contribution >= 0.6 is 15.9 Å². The molecule has 8 heteroatoms. The normalized spacial score (nSPS) is 21.3. The Morgan fingerprint density at radius 1 is 1.28 bits per heavy atom. The zero-order chi connectivity index (χ0) is 22.7. The van der Waals surface area contributed by atoms with Crippen LogP contribution in [-0.4, -0.2) is 50.6 Å². The zero-order valence-electron chi connectivity index (χ0n) is 18.0. The van der Waals surface area contributed by atoms with Crippen molar-refractivity contribution in [3.63, 3.8) is 0 Å². The third kappa shape index (κ3) is 4.82. The number of hydrogen-bond acceptors (Lipinski definition) is 5. The van der Waals surface area contributed by atoms with Crippen LogP contribution in [0.1, 0.15) is 47.6 Å². The van der Waals surface area contributed by atoms with Crippen LogP contribution in [0, 0.1) is 5.41 Å². The van der Waals surface area contributed by atoms with E-state index in [0.717, 1.165) is 58.3 Å². The van der Waals surface area contributed by atoms with E-state index in [9.17, 15) is 8.78 Å². The average molecular weight is 508 g/mol. The van der Waals surface area contributed by atoms with Crippen LogP contribution in [0.3, 0.4) is 0 Å². The molecule has 0 amide bonds. The van der Waals surface area contributed by atoms with Gasteiger partial charge in [0.25, 0.3) is 6.43 Å². The van der Waals surface area contributed by atoms with Gasteiger partial charge in [0.15, 0.2) is 0 Å². The fraction of sp³-hybridized carbons (Fsp3) is 0.458. The molecule has 172 valence electrons. The van der Waals surface area contributed by atoms with E-state index in [1.807, 2.05) is 35.2 Å². The molecule has 0 spiro atoms. The van der Waals surface area contributed by atoms with Crippen molar-refractivity contribution in [3.05, 3.63) is 57.1 Å². The maximum atomic E-state index is 13.5. The number of halogens is 3. The van der Waals surface area contributed by atoms with Gasteiger partial charge < -0.3 is 20.2 Å². The minimum absolute atomic E-state index is 0.0678. The Morgan fingerprint density at radius 3 is 2.78 bits per heavy atom. The predicted octanol–water partition coefficient (Wildman–Crippen LogP) is 5.61. The first-order valence-electron chi connectivity index (χ1n) is 10.9. The number of hydrogen-bond donors (Lipinski definition) is 2. The summed E-state index contributed by atoms with van der Waals surface area (Å²) in [7, 11) is 1.59. The first-order chi connectivity index (χ1) is 15.5. The van der Waals surface area contributed by atoms with Crippen molar-refractivity contribution >= 4 is 27.8 Å². The molecule has 5 nitrogen and oxygen atoms in total. The molecule has 4 rings (SSSR count). The molecule has 2 heterocycles. The molecule has 0 saturated carbocycles. The van der Waals surface area contributed by atoms with Gasteiger partial charge in [-0.05, 0) is 55.0 Å². The summed E-state index contributed by atoms with van der Waals surface area (Å²) in [4.78, 5) is 1.81. The quantitative estimate of drug-likeness (QED) is 0.478. The fourth-order valence-corrected chi connectivity index (χ4v) is 5.11. The standard InChI is InChI=1S/C24H28BrF2N3O2/c1-31-21-12-15(25)5-6-18(21)24-17-7-8-20(29-23-4-2-3-11-32-23)19(13-28)16(17)9-10-30(24)14-22(26)27/h5-8,12-13,22-24,28-29H,2-4,9-11,14H2,1H3. The predicted molar refractivity (Wildman–Crippen MR) is 125 cm³/mol. The Labute approximate surface area is 195 Å². The first kappa shape index (κ1) is 23.1. The van der Waals surface area contributed by atoms with Gasteiger partial charge in [0.05, 0.1) is 19.7 Å². The van der Waals surface area contributed by atoms with Crippen LogP contribution in [0.4, 0.5) is 14.5 Å². The minimum Gasteiger partial charge on any atom is -0.496 e. The molecule has 0 aliphatic carbocycles. The van der Waals surface area contributed by atoms with Crippen LogP contribution in [-0.2, 0) is 11.2 Å². The van der Waals surface area contributed by atoms with Crippen molar-refractivity contribution in [3.8, 4) is 5.75 Å². The third-order valence-electron chi connectivity index (χ3n) is 6.21. The van der Waals surface area contributed by atoms with E-state index >= 15 is 0 Å². The summed E-state index contributed by atoms with van der Waals surface area (Å²) in [6.45, 7) is 0.890. The number of nitrogens with one attached hydrogen (secondary N) is 2. The lowest BCUT2D eigenvalue weighted by atomic mass is 9.84. The van der Waals surface area contributed by atoms with Crippen LogP contribution in [0.25, 0.3) is 0 Å². The van der Waals surface area contributed by atoms with E-state index < -0.39 is 6.43 Å². The van der Waals surface area contributed by atoms with Gasteiger partial charge in [-0.25, -0.2) is 8.78 Å². The molecule has 2 aliphatic heterocycles. The lowest BCUT2D eigenvalue weighted by Gasteiger charge is -2.39. The van der Waals surface area contributed by atoms with Gasteiger partial charge in [0.1, 0.15) is 12.0 Å². The Morgan fingerprint density at radius 2 is 2.09 bits per heavy atom. The molecule has 0 bridgehead atoms. The van der Waals surface area contributed by atoms with Gasteiger partial charge in [-0.15, -0.1) is 0 Å². The molecule has 2 unspecified atom stereocenters. The Bertz CT molecular complexity index is 967. The maximum Gasteiger partial charge on any atom is 0.251 e. The molecule has 32 heavy (non-hydrogen) atoms. The second-order valence-electron chi connectivity index (χ2n) is 8.16. The van der Waals surface area contributed by atoms with Gasteiger partial charge >= 0.3 is 0 Å². The topological polar surface area (TPSA) is 57.6 Å². The van der Waals surface area contributed by atoms with Gasteiger partial charge in [0.2, 0.25) is 0 Å². The molecule has 1 fully saturated rings. The number of nitrogens with zero attached hydrogens (tertiary/aromatic N) is 1. The Hall–Kier alpha value is -2.03. The van der Waals surface area contributed by atoms with E-state index in [4.69, 9.17) is 14.9 Å². The van der Waals surface area contributed by atoms with E-state index in [1.165, 1.54) is 6.21 Å². The van der Waals surface area contributed by atoms with E-state index in [1.54, 1.807) is 7.11 Å². The van der Waals surface area contributed by atoms with Crippen molar-refractivity contribution in [1.82, 2.24) is 4.90 Å². The van der Waals surface area contributed by atoms with Crippen LogP contribution in [0.2, 0.25) is 0 Å². The summed E-state index contributed by atoms with van der Waals surface area (Å²) in [5.74, 6) is 0.644. The fourth-order valence-electron chi connectivity index (χ4n) is 4.77. The molecular weight excluding hydrogens is 480 g/mol. The molecule has 2 N–H and O–H groups in total. The SMILES string of the molecule is COc1cc(Br)ccc1C1c2ccc(NC3CCCCO3)c(C=N)c2CCN1CC(F)F. The molecule has 0 aromatic heterocycles. The highest BCUT2D eigenvalue weighted by Crippen LogP contribution is 2.42. The van der Waals surface area contributed by atoms with E-state index in [2.05, 4.69) is 21.2 Å². The number of methoxy groups -OCH3 is 1. The summed E-state index contributed by atoms with van der Waals surface area (Å²) in [5.41, 5.74) is 4.45. The van der Waals surface area contributed by atoms with Crippen molar-refractivity contribution in [2.24, 2.45) is 0 Å². The van der Waals surface area contributed by atoms with E-state index in [-0.39, 0.29) is 18.8 Å². The highest BCUT2D eigenvalue weighted by molar-refractivity contribution is 9.10. The molecule has 0 radical (unpaired) electrons. The van der Waals surface area contributed by atoms with Gasteiger partial charge in [-0.2, -0.15) is 0 Å². The molecular formula is C24H28BrF2N3O2. The minimum atomic E-state index is -2.44. The Kier molecular flexibility index (Phi) is 7.43. The van der Waals surface area contributed by atoms with Gasteiger partial charge in [-0.3, -0.25) is 4.90 Å². The monoisotopic (exact) mass is 507 g/mol. The summed E-state index contributed by atoms with van der Waals surface area (Å²) in [6, 6.07) is 9.25. The van der Waals surface area contributed by atoms with E-state index in [0.29, 0.717) is 18.7 Å². The second kappa shape index (κ2) is 10.3. The molecule has 2 aromatic rings. The average Bonchev–Trinajstić information content (AvgIpc) is 2.79. The van der Waals surface area contributed by atoms with Crippen LogP contribution in [0.15, 0.2) is 34.8 Å². The molecule has 2 aromatic carbocycles. The summed E-state index contributed by atoms with van der Waals surface area (Å²) >= 11 is 3.46. The number of ether oxygens (including phenoxy) is 2. The highest BCUT2D eigenvalue weighted by atomic mass is 79.9. The van der Waals surface area contributed by atoms with Crippen LogP contribution < -0.4 is 10.1 Å². The van der Waals surface area contributed by atoms with Crippen molar-refractivity contribution in [1.29, 1.82) is 5.41 Å². The van der Waals surface area contributed by atoms with Crippen LogP contribution in [0.5, 0.6) is 5.75 Å². The lowest BCUT2D eigenvalue weighted by molar-refractivity contribution is 0.0343. The summed E-state index contributed by atoms with van der Waals surface area (Å²) in [6.07, 6.45) is 2.56. The number of benzene rings is 2. The summed E-state index contributed by atoms with van der Waals surface area (Å²) in [5, 5.41) is 11.6. The van der Waals surface area contributed by atoms with Crippen molar-refractivity contribution in [2.45, 2.75) is 44.4 Å². The number of anilines is 1. The highest BCUT2D eigenvalue weighted by Gasteiger charge is 2.34. The number of rotatable bonds is 7. The van der Waals surface area contributed by atoms with Gasteiger partial charge in [-0.1, -0.05) is 28.1 Å². The first-order valence-corrected chi connectivity index (χ1v) is 11.7. The lowest BCUT2D eigenvalue weighted by Crippen LogP contribution is -2.40. The molecule has 2 atom stereocenters.